The number of esters is 1. The quantitative estimate of drug-likeness (QED) is 0.549. The Morgan fingerprint density at radius 1 is 1.14 bits per heavy atom. The Morgan fingerprint density at radius 3 is 2.41 bits per heavy atom. The van der Waals surface area contributed by atoms with Gasteiger partial charge in [-0.15, -0.1) is 0 Å². The van der Waals surface area contributed by atoms with E-state index >= 15 is 0 Å². The van der Waals surface area contributed by atoms with E-state index in [2.05, 4.69) is 19.9 Å². The minimum absolute atomic E-state index is 0.0302. The number of methoxy groups -OCH3 is 1. The van der Waals surface area contributed by atoms with Crippen LogP contribution in [-0.4, -0.2) is 38.5 Å². The predicted octanol–water partition coefficient (Wildman–Crippen LogP) is 3.50. The van der Waals surface area contributed by atoms with E-state index in [4.69, 9.17) is 14.2 Å². The average molecular weight is 310 g/mol. The van der Waals surface area contributed by atoms with E-state index in [0.29, 0.717) is 19.8 Å². The second-order valence-electron chi connectivity index (χ2n) is 6.98. The highest BCUT2D eigenvalue weighted by Crippen LogP contribution is 2.60. The van der Waals surface area contributed by atoms with Gasteiger partial charge in [-0.1, -0.05) is 27.7 Å². The van der Waals surface area contributed by atoms with Crippen molar-refractivity contribution in [2.45, 2.75) is 59.0 Å². The molecule has 0 aromatic heterocycles. The minimum Gasteiger partial charge on any atom is -0.468 e. The van der Waals surface area contributed by atoms with E-state index < -0.39 is 5.41 Å². The summed E-state index contributed by atoms with van der Waals surface area (Å²) in [5.74, 6) is -0.0825. The molecule has 1 saturated carbocycles. The molecule has 22 heavy (non-hydrogen) atoms. The molecule has 3 rings (SSSR count). The topological polar surface area (TPSA) is 44.8 Å². The van der Waals surface area contributed by atoms with Gasteiger partial charge < -0.3 is 14.2 Å². The standard InChI is InChI=1S/C16H24O4.C2H6/c1-14(2)4-6-16(13(17)18-3)7-5-15(10-12(14)16)11-19-8-9-20-15;1-2/h10H,4-9,11H2,1-3H3;1-2H3. The molecule has 0 bridgehead atoms. The summed E-state index contributed by atoms with van der Waals surface area (Å²) < 4.78 is 16.7. The smallest absolute Gasteiger partial charge is 0.315 e. The van der Waals surface area contributed by atoms with Crippen LogP contribution in [0.15, 0.2) is 11.6 Å². The minimum atomic E-state index is -0.426. The van der Waals surface area contributed by atoms with Gasteiger partial charge in [-0.2, -0.15) is 0 Å². The molecule has 0 aromatic carbocycles. The molecule has 2 aliphatic carbocycles. The molecule has 0 amide bonds. The lowest BCUT2D eigenvalue weighted by Gasteiger charge is -2.45. The Kier molecular flexibility index (Phi) is 5.03. The van der Waals surface area contributed by atoms with Crippen LogP contribution in [0.25, 0.3) is 0 Å². The van der Waals surface area contributed by atoms with Crippen molar-refractivity contribution in [1.29, 1.82) is 0 Å². The van der Waals surface area contributed by atoms with Crippen LogP contribution in [0, 0.1) is 10.8 Å². The highest BCUT2D eigenvalue weighted by Gasteiger charge is 2.57. The first kappa shape index (κ1) is 17.5. The van der Waals surface area contributed by atoms with Crippen molar-refractivity contribution in [1.82, 2.24) is 0 Å². The van der Waals surface area contributed by atoms with Gasteiger partial charge in [0.05, 0.1) is 32.3 Å². The van der Waals surface area contributed by atoms with Crippen LogP contribution in [-0.2, 0) is 19.0 Å². The van der Waals surface area contributed by atoms with Gasteiger partial charge in [-0.05, 0) is 42.7 Å². The highest BCUT2D eigenvalue weighted by molar-refractivity contribution is 5.82. The van der Waals surface area contributed by atoms with Gasteiger partial charge in [0.2, 0.25) is 0 Å². The number of rotatable bonds is 1. The molecule has 0 N–H and O–H groups in total. The number of fused-ring (bicyclic) bond motifs is 1. The zero-order valence-electron chi connectivity index (χ0n) is 14.7. The van der Waals surface area contributed by atoms with Crippen molar-refractivity contribution >= 4 is 5.97 Å². The van der Waals surface area contributed by atoms with E-state index in [0.717, 1.165) is 25.7 Å². The van der Waals surface area contributed by atoms with Crippen LogP contribution in [0.2, 0.25) is 0 Å². The van der Waals surface area contributed by atoms with Gasteiger partial charge in [-0.25, -0.2) is 0 Å². The Morgan fingerprint density at radius 2 is 1.82 bits per heavy atom. The van der Waals surface area contributed by atoms with E-state index in [1.54, 1.807) is 0 Å². The second-order valence-corrected chi connectivity index (χ2v) is 6.98. The summed E-state index contributed by atoms with van der Waals surface area (Å²) in [4.78, 5) is 12.4. The molecule has 126 valence electrons. The molecule has 2 unspecified atom stereocenters. The maximum atomic E-state index is 12.4. The summed E-state index contributed by atoms with van der Waals surface area (Å²) >= 11 is 0. The Labute approximate surface area is 134 Å². The first-order valence-corrected chi connectivity index (χ1v) is 8.48. The van der Waals surface area contributed by atoms with Crippen molar-refractivity contribution in [3.8, 4) is 0 Å². The maximum absolute atomic E-state index is 12.4. The van der Waals surface area contributed by atoms with Crippen LogP contribution < -0.4 is 0 Å². The van der Waals surface area contributed by atoms with Gasteiger partial charge in [0.25, 0.3) is 0 Å². The molecular formula is C18H30O4. The zero-order chi connectivity index (χ0) is 16.4. The largest absolute Gasteiger partial charge is 0.468 e. The van der Waals surface area contributed by atoms with Crippen LogP contribution in [0.3, 0.4) is 0 Å². The summed E-state index contributed by atoms with van der Waals surface area (Å²) in [6.07, 6.45) is 5.74. The SMILES string of the molecule is CC.COC(=O)C12CCC3(C=C1C(C)(C)CC2)COCCO3. The summed E-state index contributed by atoms with van der Waals surface area (Å²) in [5, 5.41) is 0. The second kappa shape index (κ2) is 6.32. The van der Waals surface area contributed by atoms with Gasteiger partial charge in [-0.3, -0.25) is 4.79 Å². The number of hydrogen-bond donors (Lipinski definition) is 0. The molecule has 1 heterocycles. The van der Waals surface area contributed by atoms with E-state index in [1.165, 1.54) is 12.7 Å². The van der Waals surface area contributed by atoms with Crippen LogP contribution in [0.4, 0.5) is 0 Å². The molecule has 0 aromatic rings. The zero-order valence-corrected chi connectivity index (χ0v) is 14.7. The fraction of sp³-hybridized carbons (Fsp3) is 0.833. The molecule has 4 heteroatoms. The highest BCUT2D eigenvalue weighted by atomic mass is 16.6. The lowest BCUT2D eigenvalue weighted by molar-refractivity contribution is -0.159. The van der Waals surface area contributed by atoms with E-state index in [9.17, 15) is 4.79 Å². The third-order valence-corrected chi connectivity index (χ3v) is 5.34. The number of carbonyl (C=O) groups excluding carboxylic acids is 1. The lowest BCUT2D eigenvalue weighted by Crippen LogP contribution is -2.48. The molecule has 2 fully saturated rings. The normalized spacial score (nSPS) is 36.0. The van der Waals surface area contributed by atoms with Crippen LogP contribution in [0.5, 0.6) is 0 Å². The van der Waals surface area contributed by atoms with Crippen molar-refractivity contribution in [2.24, 2.45) is 10.8 Å². The van der Waals surface area contributed by atoms with Gasteiger partial charge >= 0.3 is 5.97 Å². The lowest BCUT2D eigenvalue weighted by atomic mass is 9.66. The molecule has 4 nitrogen and oxygen atoms in total. The fourth-order valence-corrected chi connectivity index (χ4v) is 4.12. The Hall–Kier alpha value is -0.870. The summed E-state index contributed by atoms with van der Waals surface area (Å²) in [6, 6.07) is 0. The van der Waals surface area contributed by atoms with Crippen molar-refractivity contribution in [3.05, 3.63) is 11.6 Å². The first-order valence-electron chi connectivity index (χ1n) is 8.48. The first-order chi connectivity index (χ1) is 10.4. The molecule has 3 aliphatic rings. The summed E-state index contributed by atoms with van der Waals surface area (Å²) in [6.45, 7) is 10.3. The van der Waals surface area contributed by atoms with Crippen LogP contribution in [0.1, 0.15) is 53.4 Å². The van der Waals surface area contributed by atoms with Crippen molar-refractivity contribution < 1.29 is 19.0 Å². The molecule has 0 radical (unpaired) electrons. The Bertz CT molecular complexity index is 446. The predicted molar refractivity (Wildman–Crippen MR) is 85.6 cm³/mol. The number of carbonyl (C=O) groups is 1. The van der Waals surface area contributed by atoms with Crippen molar-refractivity contribution in [3.63, 3.8) is 0 Å². The number of ether oxygens (including phenoxy) is 3. The molecule has 1 aliphatic heterocycles. The Balaban J connectivity index is 0.000000847. The fourth-order valence-electron chi connectivity index (χ4n) is 4.12. The third-order valence-electron chi connectivity index (χ3n) is 5.34. The molecular weight excluding hydrogens is 280 g/mol. The molecule has 1 spiro atoms. The molecule has 1 saturated heterocycles. The summed E-state index contributed by atoms with van der Waals surface area (Å²) in [5.41, 5.74) is 0.480. The monoisotopic (exact) mass is 310 g/mol. The van der Waals surface area contributed by atoms with E-state index in [1.807, 2.05) is 13.8 Å². The van der Waals surface area contributed by atoms with Crippen molar-refractivity contribution in [2.75, 3.05) is 26.9 Å². The third kappa shape index (κ3) is 2.71. The number of hydrogen-bond acceptors (Lipinski definition) is 4. The van der Waals surface area contributed by atoms with Gasteiger partial charge in [0.1, 0.15) is 5.60 Å². The summed E-state index contributed by atoms with van der Waals surface area (Å²) in [7, 11) is 1.49. The van der Waals surface area contributed by atoms with E-state index in [-0.39, 0.29) is 17.0 Å². The average Bonchev–Trinajstić information content (AvgIpc) is 2.82. The molecule has 2 atom stereocenters. The van der Waals surface area contributed by atoms with Gasteiger partial charge in [0, 0.05) is 0 Å². The van der Waals surface area contributed by atoms with Gasteiger partial charge in [0.15, 0.2) is 0 Å². The maximum Gasteiger partial charge on any atom is 0.315 e. The van der Waals surface area contributed by atoms with Crippen LogP contribution >= 0.6 is 0 Å².